The van der Waals surface area contributed by atoms with Gasteiger partial charge in [0, 0.05) is 25.0 Å². The minimum absolute atomic E-state index is 0.110. The standard InChI is InChI=1S/C9H18O4/c1-5-2-6(3-10)8(12)9(13)7(5)4-11/h5-13H,2-4H2,1H3. The lowest BCUT2D eigenvalue weighted by Crippen LogP contribution is -2.49. The zero-order valence-corrected chi connectivity index (χ0v) is 7.80. The molecule has 0 spiro atoms. The molecule has 0 aliphatic heterocycles. The van der Waals surface area contributed by atoms with E-state index in [-0.39, 0.29) is 31.0 Å². The molecule has 1 saturated carbocycles. The number of aliphatic hydroxyl groups is 4. The van der Waals surface area contributed by atoms with Crippen molar-refractivity contribution in [3.05, 3.63) is 0 Å². The van der Waals surface area contributed by atoms with Crippen molar-refractivity contribution in [2.24, 2.45) is 17.8 Å². The van der Waals surface area contributed by atoms with E-state index < -0.39 is 12.2 Å². The van der Waals surface area contributed by atoms with Crippen molar-refractivity contribution in [1.82, 2.24) is 0 Å². The van der Waals surface area contributed by atoms with Gasteiger partial charge in [-0.25, -0.2) is 0 Å². The quantitative estimate of drug-likeness (QED) is 0.448. The second kappa shape index (κ2) is 4.37. The fourth-order valence-electron chi connectivity index (χ4n) is 2.13. The summed E-state index contributed by atoms with van der Waals surface area (Å²) < 4.78 is 0. The lowest BCUT2D eigenvalue weighted by Gasteiger charge is -2.40. The van der Waals surface area contributed by atoms with Crippen LogP contribution in [-0.2, 0) is 0 Å². The summed E-state index contributed by atoms with van der Waals surface area (Å²) in [6, 6.07) is 0. The minimum Gasteiger partial charge on any atom is -0.396 e. The van der Waals surface area contributed by atoms with E-state index in [1.54, 1.807) is 0 Å². The third-order valence-electron chi connectivity index (χ3n) is 3.12. The lowest BCUT2D eigenvalue weighted by atomic mass is 9.72. The predicted molar refractivity (Wildman–Crippen MR) is 46.9 cm³/mol. The minimum atomic E-state index is -0.911. The summed E-state index contributed by atoms with van der Waals surface area (Å²) in [5, 5.41) is 37.0. The average molecular weight is 190 g/mol. The average Bonchev–Trinajstić information content (AvgIpc) is 2.12. The molecule has 0 aromatic carbocycles. The van der Waals surface area contributed by atoms with Crippen molar-refractivity contribution < 1.29 is 20.4 Å². The SMILES string of the molecule is CC1CC(CO)C(O)C(O)C1CO. The second-order valence-electron chi connectivity index (χ2n) is 3.98. The smallest absolute Gasteiger partial charge is 0.0855 e. The van der Waals surface area contributed by atoms with Gasteiger partial charge < -0.3 is 20.4 Å². The molecule has 13 heavy (non-hydrogen) atoms. The van der Waals surface area contributed by atoms with Gasteiger partial charge in [0.25, 0.3) is 0 Å². The van der Waals surface area contributed by atoms with Crippen LogP contribution in [0.15, 0.2) is 0 Å². The number of aliphatic hydroxyl groups excluding tert-OH is 4. The molecule has 4 heteroatoms. The van der Waals surface area contributed by atoms with Crippen LogP contribution >= 0.6 is 0 Å². The predicted octanol–water partition coefficient (Wildman–Crippen LogP) is -1.04. The van der Waals surface area contributed by atoms with Gasteiger partial charge >= 0.3 is 0 Å². The van der Waals surface area contributed by atoms with Gasteiger partial charge in [0.1, 0.15) is 0 Å². The Bertz CT molecular complexity index is 162. The summed E-state index contributed by atoms with van der Waals surface area (Å²) in [5.74, 6) is -0.383. The van der Waals surface area contributed by atoms with Crippen molar-refractivity contribution in [3.63, 3.8) is 0 Å². The molecule has 0 saturated heterocycles. The largest absolute Gasteiger partial charge is 0.396 e. The van der Waals surface area contributed by atoms with Crippen molar-refractivity contribution in [2.75, 3.05) is 13.2 Å². The van der Waals surface area contributed by atoms with Gasteiger partial charge in [0.05, 0.1) is 12.2 Å². The van der Waals surface area contributed by atoms with Gasteiger partial charge in [-0.1, -0.05) is 6.92 Å². The van der Waals surface area contributed by atoms with Crippen LogP contribution in [-0.4, -0.2) is 45.8 Å². The third-order valence-corrected chi connectivity index (χ3v) is 3.12. The molecule has 1 aliphatic rings. The van der Waals surface area contributed by atoms with E-state index in [1.165, 1.54) is 0 Å². The fraction of sp³-hybridized carbons (Fsp3) is 1.00. The molecule has 4 nitrogen and oxygen atoms in total. The first-order valence-corrected chi connectivity index (χ1v) is 4.69. The van der Waals surface area contributed by atoms with E-state index in [0.29, 0.717) is 6.42 Å². The molecule has 4 N–H and O–H groups in total. The number of hydrogen-bond acceptors (Lipinski definition) is 4. The van der Waals surface area contributed by atoms with E-state index in [9.17, 15) is 10.2 Å². The first-order chi connectivity index (χ1) is 6.11. The van der Waals surface area contributed by atoms with Crippen LogP contribution in [0.25, 0.3) is 0 Å². The first-order valence-electron chi connectivity index (χ1n) is 4.69. The van der Waals surface area contributed by atoms with Crippen molar-refractivity contribution >= 4 is 0 Å². The maximum Gasteiger partial charge on any atom is 0.0855 e. The summed E-state index contributed by atoms with van der Waals surface area (Å²) in [5.41, 5.74) is 0. The Labute approximate surface area is 77.8 Å². The van der Waals surface area contributed by atoms with Gasteiger partial charge in [0.2, 0.25) is 0 Å². The molecule has 0 amide bonds. The van der Waals surface area contributed by atoms with Crippen molar-refractivity contribution in [3.8, 4) is 0 Å². The van der Waals surface area contributed by atoms with Crippen molar-refractivity contribution in [1.29, 1.82) is 0 Å². The van der Waals surface area contributed by atoms with E-state index in [0.717, 1.165) is 0 Å². The maximum absolute atomic E-state index is 9.59. The Kier molecular flexibility index (Phi) is 3.67. The third kappa shape index (κ3) is 2.02. The molecule has 0 heterocycles. The molecule has 78 valence electrons. The van der Waals surface area contributed by atoms with Crippen LogP contribution in [0.3, 0.4) is 0 Å². The van der Waals surface area contributed by atoms with Crippen LogP contribution in [0.4, 0.5) is 0 Å². The Morgan fingerprint density at radius 3 is 2.15 bits per heavy atom. The fourth-order valence-corrected chi connectivity index (χ4v) is 2.13. The Hall–Kier alpha value is -0.160. The summed E-state index contributed by atoms with van der Waals surface area (Å²) in [6.07, 6.45) is -1.16. The molecule has 0 aromatic heterocycles. The molecule has 0 aromatic rings. The summed E-state index contributed by atoms with van der Waals surface area (Å²) in [6.45, 7) is 1.69. The normalized spacial score (nSPS) is 46.4. The lowest BCUT2D eigenvalue weighted by molar-refractivity contribution is -0.117. The zero-order chi connectivity index (χ0) is 10.0. The number of rotatable bonds is 2. The zero-order valence-electron chi connectivity index (χ0n) is 7.80. The molecule has 0 radical (unpaired) electrons. The molecule has 1 rings (SSSR count). The van der Waals surface area contributed by atoms with Gasteiger partial charge in [-0.3, -0.25) is 0 Å². The van der Waals surface area contributed by atoms with E-state index in [2.05, 4.69) is 0 Å². The molecular weight excluding hydrogens is 172 g/mol. The van der Waals surface area contributed by atoms with Gasteiger partial charge in [-0.2, -0.15) is 0 Å². The molecular formula is C9H18O4. The summed E-state index contributed by atoms with van der Waals surface area (Å²) in [7, 11) is 0. The van der Waals surface area contributed by atoms with Gasteiger partial charge in [-0.05, 0) is 12.3 Å². The summed E-state index contributed by atoms with van der Waals surface area (Å²) >= 11 is 0. The van der Waals surface area contributed by atoms with Gasteiger partial charge in [-0.15, -0.1) is 0 Å². The molecule has 0 bridgehead atoms. The van der Waals surface area contributed by atoms with Crippen LogP contribution in [0.1, 0.15) is 13.3 Å². The second-order valence-corrected chi connectivity index (χ2v) is 3.98. The first kappa shape index (κ1) is 10.9. The topological polar surface area (TPSA) is 80.9 Å². The highest BCUT2D eigenvalue weighted by Gasteiger charge is 2.40. The summed E-state index contributed by atoms with van der Waals surface area (Å²) in [4.78, 5) is 0. The monoisotopic (exact) mass is 190 g/mol. The maximum atomic E-state index is 9.59. The van der Waals surface area contributed by atoms with Crippen molar-refractivity contribution in [2.45, 2.75) is 25.6 Å². The Balaban J connectivity index is 2.66. The molecule has 5 atom stereocenters. The van der Waals surface area contributed by atoms with Crippen LogP contribution < -0.4 is 0 Å². The van der Waals surface area contributed by atoms with Crippen LogP contribution in [0.2, 0.25) is 0 Å². The van der Waals surface area contributed by atoms with Crippen LogP contribution in [0.5, 0.6) is 0 Å². The number of hydrogen-bond donors (Lipinski definition) is 4. The van der Waals surface area contributed by atoms with E-state index in [4.69, 9.17) is 10.2 Å². The van der Waals surface area contributed by atoms with Gasteiger partial charge in [0.15, 0.2) is 0 Å². The van der Waals surface area contributed by atoms with Crippen LogP contribution in [0, 0.1) is 17.8 Å². The van der Waals surface area contributed by atoms with E-state index in [1.807, 2.05) is 6.92 Å². The highest BCUT2D eigenvalue weighted by molar-refractivity contribution is 4.90. The molecule has 1 aliphatic carbocycles. The molecule has 5 unspecified atom stereocenters. The highest BCUT2D eigenvalue weighted by atomic mass is 16.3. The van der Waals surface area contributed by atoms with E-state index >= 15 is 0 Å². The Morgan fingerprint density at radius 2 is 1.69 bits per heavy atom. The molecule has 1 fully saturated rings. The highest BCUT2D eigenvalue weighted by Crippen LogP contribution is 2.33. The Morgan fingerprint density at radius 1 is 1.08 bits per heavy atom.